The van der Waals surface area contributed by atoms with Crippen LogP contribution in [0.15, 0.2) is 36.7 Å². The fraction of sp³-hybridized carbons (Fsp3) is 0.567. The van der Waals surface area contributed by atoms with E-state index in [9.17, 15) is 33.3 Å². The number of hydrogen-bond donors (Lipinski definition) is 6. The van der Waals surface area contributed by atoms with Gasteiger partial charge in [-0.25, -0.2) is 9.78 Å². The third-order valence-corrected chi connectivity index (χ3v) is 8.39. The molecule has 0 radical (unpaired) electrons. The maximum atomic E-state index is 12.0. The fourth-order valence-electron chi connectivity index (χ4n) is 5.72. The molecule has 1 saturated heterocycles. The van der Waals surface area contributed by atoms with Gasteiger partial charge in [-0.15, -0.1) is 0 Å². The molecule has 1 amide bonds. The minimum absolute atomic E-state index is 0.102. The number of aliphatic carboxylic acids is 1. The second kappa shape index (κ2) is 15.2. The van der Waals surface area contributed by atoms with Crippen LogP contribution in [0.3, 0.4) is 0 Å². The van der Waals surface area contributed by atoms with Gasteiger partial charge >= 0.3 is 12.1 Å². The summed E-state index contributed by atoms with van der Waals surface area (Å²) in [6.07, 6.45) is -3.49. The molecule has 6 atom stereocenters. The van der Waals surface area contributed by atoms with Crippen LogP contribution < -0.4 is 15.5 Å². The zero-order valence-electron chi connectivity index (χ0n) is 26.3. The first-order valence-corrected chi connectivity index (χ1v) is 15.3. The molecule has 3 heterocycles. The molecule has 0 bridgehead atoms. The van der Waals surface area contributed by atoms with Crippen LogP contribution in [-0.4, -0.2) is 127 Å². The molecule has 14 nitrogen and oxygen atoms in total. The Morgan fingerprint density at radius 3 is 2.38 bits per heavy atom. The van der Waals surface area contributed by atoms with Crippen molar-refractivity contribution in [1.82, 2.24) is 29.7 Å². The van der Waals surface area contributed by atoms with E-state index in [1.54, 1.807) is 17.8 Å². The molecule has 1 aliphatic carbocycles. The van der Waals surface area contributed by atoms with Crippen LogP contribution >= 0.6 is 0 Å². The standard InChI is InChI=1S/C28H40N8O4.C2HF3O2/c1-4-22(38)31-20-13-21(25(40)24(20)39)36-16-29-23-26(30-18(15-37)12-17-8-6-5-7-9-17)32-28(33-27(23)36)35-11-10-19(14-35)34(2)3;3-2(4,5)1(6)7/h5-9,16,18-21,24-25,37,39-40H,4,10-15H2,1-3H3,(H,31,38)(H,30,32,33);(H,6,7)/t18-,19+,20-,21+,24+,25-;/m0./s1. The number of nitrogens with zero attached hydrogens (tertiary/aromatic N) is 6. The number of alkyl halides is 3. The summed E-state index contributed by atoms with van der Waals surface area (Å²) in [5.74, 6) is -1.89. The molecular weight excluding hydrogens is 625 g/mol. The number of hydrogen-bond acceptors (Lipinski definition) is 11. The number of carboxylic acids is 1. The van der Waals surface area contributed by atoms with Crippen molar-refractivity contribution in [3.8, 4) is 0 Å². The average Bonchev–Trinajstić information content (AvgIpc) is 3.76. The number of imidazole rings is 1. The molecule has 258 valence electrons. The Balaban J connectivity index is 0.000000644. The summed E-state index contributed by atoms with van der Waals surface area (Å²) < 4.78 is 33.5. The molecule has 2 aliphatic rings. The number of halogens is 3. The van der Waals surface area contributed by atoms with Gasteiger partial charge in [0.05, 0.1) is 31.1 Å². The topological polar surface area (TPSA) is 189 Å². The third-order valence-electron chi connectivity index (χ3n) is 8.39. The molecule has 6 N–H and O–H groups in total. The number of likely N-dealkylation sites (N-methyl/N-ethyl adjacent to an activating group) is 1. The van der Waals surface area contributed by atoms with Gasteiger partial charge in [0.15, 0.2) is 17.0 Å². The summed E-state index contributed by atoms with van der Waals surface area (Å²) in [6.45, 7) is 3.22. The molecule has 2 fully saturated rings. The molecule has 17 heteroatoms. The molecule has 2 aromatic heterocycles. The Hall–Kier alpha value is -4.06. The summed E-state index contributed by atoms with van der Waals surface area (Å²) >= 11 is 0. The van der Waals surface area contributed by atoms with E-state index in [0.717, 1.165) is 25.1 Å². The van der Waals surface area contributed by atoms with E-state index in [1.807, 2.05) is 30.3 Å². The van der Waals surface area contributed by atoms with Gasteiger partial charge < -0.3 is 45.4 Å². The van der Waals surface area contributed by atoms with Gasteiger partial charge in [-0.05, 0) is 38.9 Å². The van der Waals surface area contributed by atoms with Crippen molar-refractivity contribution in [2.45, 2.75) is 75.2 Å². The maximum Gasteiger partial charge on any atom is 0.490 e. The molecule has 5 rings (SSSR count). The molecule has 47 heavy (non-hydrogen) atoms. The quantitative estimate of drug-likeness (QED) is 0.182. The minimum Gasteiger partial charge on any atom is -0.475 e. The Morgan fingerprint density at radius 2 is 1.81 bits per heavy atom. The number of carbonyl (C=O) groups is 2. The Bertz CT molecular complexity index is 1510. The molecule has 0 unspecified atom stereocenters. The SMILES string of the molecule is CCC(=O)N[C@H]1C[C@@H](n2cnc3c(N[C@H](CO)Cc4ccccc4)nc(N4CC[C@@H](N(C)C)C4)nc32)[C@H](O)[C@@H]1O.O=C(O)C(F)(F)F. The minimum atomic E-state index is -5.08. The molecular formula is C30H41F3N8O6. The number of fused-ring (bicyclic) bond motifs is 1. The molecule has 3 aromatic rings. The van der Waals surface area contributed by atoms with Crippen LogP contribution in [0.25, 0.3) is 11.2 Å². The third kappa shape index (κ3) is 8.65. The van der Waals surface area contributed by atoms with E-state index in [-0.39, 0.29) is 18.6 Å². The zero-order valence-corrected chi connectivity index (χ0v) is 26.3. The maximum absolute atomic E-state index is 12.0. The normalized spacial score (nSPS) is 23.4. The monoisotopic (exact) mass is 666 g/mol. The lowest BCUT2D eigenvalue weighted by molar-refractivity contribution is -0.192. The van der Waals surface area contributed by atoms with E-state index in [0.29, 0.717) is 48.2 Å². The smallest absolute Gasteiger partial charge is 0.475 e. The van der Waals surface area contributed by atoms with Gasteiger partial charge in [-0.3, -0.25) is 4.79 Å². The highest BCUT2D eigenvalue weighted by Gasteiger charge is 2.44. The average molecular weight is 667 g/mol. The highest BCUT2D eigenvalue weighted by Crippen LogP contribution is 2.35. The van der Waals surface area contributed by atoms with Gasteiger partial charge in [0.2, 0.25) is 11.9 Å². The number of carboxylic acid groups (broad SMARTS) is 1. The van der Waals surface area contributed by atoms with E-state index in [1.165, 1.54) is 0 Å². The number of benzene rings is 1. The van der Waals surface area contributed by atoms with Gasteiger partial charge in [0.25, 0.3) is 0 Å². The van der Waals surface area contributed by atoms with Crippen LogP contribution in [0.1, 0.15) is 37.8 Å². The number of carbonyl (C=O) groups excluding carboxylic acids is 1. The van der Waals surface area contributed by atoms with Crippen molar-refractivity contribution >= 4 is 34.8 Å². The Labute approximate surface area is 269 Å². The Morgan fingerprint density at radius 1 is 1.13 bits per heavy atom. The fourth-order valence-corrected chi connectivity index (χ4v) is 5.72. The van der Waals surface area contributed by atoms with Crippen molar-refractivity contribution in [3.63, 3.8) is 0 Å². The van der Waals surface area contributed by atoms with Crippen molar-refractivity contribution in [3.05, 3.63) is 42.2 Å². The van der Waals surface area contributed by atoms with E-state index in [4.69, 9.17) is 19.9 Å². The summed E-state index contributed by atoms with van der Waals surface area (Å²) in [7, 11) is 4.13. The zero-order chi connectivity index (χ0) is 34.5. The summed E-state index contributed by atoms with van der Waals surface area (Å²) in [5.41, 5.74) is 2.12. The number of amides is 1. The number of rotatable bonds is 10. The predicted octanol–water partition coefficient (Wildman–Crippen LogP) is 1.18. The number of aliphatic hydroxyl groups is 3. The van der Waals surface area contributed by atoms with E-state index < -0.39 is 36.4 Å². The lowest BCUT2D eigenvalue weighted by Gasteiger charge is -2.23. The molecule has 1 aromatic carbocycles. The van der Waals surface area contributed by atoms with Gasteiger partial charge in [-0.1, -0.05) is 37.3 Å². The number of anilines is 2. The van der Waals surface area contributed by atoms with Crippen molar-refractivity contribution in [1.29, 1.82) is 0 Å². The lowest BCUT2D eigenvalue weighted by atomic mass is 10.1. The lowest BCUT2D eigenvalue weighted by Crippen LogP contribution is -2.42. The molecule has 1 aliphatic heterocycles. The molecule has 0 spiro atoms. The van der Waals surface area contributed by atoms with Crippen LogP contribution in [0.5, 0.6) is 0 Å². The second-order valence-electron chi connectivity index (χ2n) is 11.9. The predicted molar refractivity (Wildman–Crippen MR) is 166 cm³/mol. The van der Waals surface area contributed by atoms with Gasteiger partial charge in [0, 0.05) is 25.6 Å². The van der Waals surface area contributed by atoms with Crippen LogP contribution in [0, 0.1) is 0 Å². The van der Waals surface area contributed by atoms with Gasteiger partial charge in [-0.2, -0.15) is 23.1 Å². The summed E-state index contributed by atoms with van der Waals surface area (Å²) in [5, 5.41) is 45.3. The van der Waals surface area contributed by atoms with Gasteiger partial charge in [0.1, 0.15) is 12.2 Å². The largest absolute Gasteiger partial charge is 0.490 e. The first-order chi connectivity index (χ1) is 22.2. The first kappa shape index (κ1) is 35.8. The van der Waals surface area contributed by atoms with E-state index in [2.05, 4.69) is 39.5 Å². The van der Waals surface area contributed by atoms with Crippen molar-refractivity contribution in [2.75, 3.05) is 44.0 Å². The first-order valence-electron chi connectivity index (χ1n) is 15.3. The number of aromatic nitrogens is 4. The number of nitrogens with one attached hydrogen (secondary N) is 2. The van der Waals surface area contributed by atoms with Crippen molar-refractivity contribution in [2.24, 2.45) is 0 Å². The number of aliphatic hydroxyl groups excluding tert-OH is 3. The highest BCUT2D eigenvalue weighted by molar-refractivity contribution is 5.85. The van der Waals surface area contributed by atoms with Crippen LogP contribution in [-0.2, 0) is 16.0 Å². The summed E-state index contributed by atoms with van der Waals surface area (Å²) in [6, 6.07) is 8.89. The molecule has 1 saturated carbocycles. The van der Waals surface area contributed by atoms with E-state index >= 15 is 0 Å². The second-order valence-corrected chi connectivity index (χ2v) is 11.9. The summed E-state index contributed by atoms with van der Waals surface area (Å²) in [4.78, 5) is 39.7. The van der Waals surface area contributed by atoms with Crippen LogP contribution in [0.2, 0.25) is 0 Å². The Kier molecular flexibility index (Phi) is 11.6. The highest BCUT2D eigenvalue weighted by atomic mass is 19.4. The van der Waals surface area contributed by atoms with Crippen molar-refractivity contribution < 1.29 is 43.2 Å². The van der Waals surface area contributed by atoms with Crippen LogP contribution in [0.4, 0.5) is 24.9 Å².